The minimum Gasteiger partial charge on any atom is -0.493 e. The number of ether oxygens (including phenoxy) is 2. The maximum absolute atomic E-state index is 12.0. The fraction of sp³-hybridized carbons (Fsp3) is 0.591. The summed E-state index contributed by atoms with van der Waals surface area (Å²) in [7, 11) is 1.61. The van der Waals surface area contributed by atoms with E-state index in [9.17, 15) is 4.79 Å². The first-order valence-corrected chi connectivity index (χ1v) is 10.8. The third-order valence-corrected chi connectivity index (χ3v) is 5.27. The molecule has 1 aliphatic rings. The van der Waals surface area contributed by atoms with Gasteiger partial charge in [-0.25, -0.2) is 0 Å². The number of benzene rings is 1. The van der Waals surface area contributed by atoms with Crippen molar-refractivity contribution in [2.75, 3.05) is 20.3 Å². The van der Waals surface area contributed by atoms with E-state index in [2.05, 4.69) is 32.6 Å². The lowest BCUT2D eigenvalue weighted by molar-refractivity contribution is -0.124. The highest BCUT2D eigenvalue weighted by molar-refractivity contribution is 9.10. The molecule has 0 spiro atoms. The molecule has 2 N–H and O–H groups in total. The van der Waals surface area contributed by atoms with Crippen LogP contribution in [0.15, 0.2) is 28.3 Å². The fourth-order valence-corrected chi connectivity index (χ4v) is 3.65. The Morgan fingerprint density at radius 2 is 2.00 bits per heavy atom. The van der Waals surface area contributed by atoms with E-state index in [1.165, 1.54) is 25.7 Å². The van der Waals surface area contributed by atoms with Crippen molar-refractivity contribution >= 4 is 21.8 Å². The average Bonchev–Trinajstić information content (AvgIpc) is 2.64. The lowest BCUT2D eigenvalue weighted by atomic mass is 9.97. The van der Waals surface area contributed by atoms with Crippen LogP contribution in [-0.2, 0) is 11.3 Å². The van der Waals surface area contributed by atoms with Gasteiger partial charge in [0.25, 0.3) is 5.91 Å². The molecule has 0 aromatic heterocycles. The molecule has 0 bridgehead atoms. The van der Waals surface area contributed by atoms with Crippen LogP contribution in [-0.4, -0.2) is 31.7 Å². The van der Waals surface area contributed by atoms with Crippen molar-refractivity contribution in [2.45, 2.75) is 65.0 Å². The molecule has 0 heterocycles. The van der Waals surface area contributed by atoms with E-state index < -0.39 is 0 Å². The molecule has 6 heteroatoms. The van der Waals surface area contributed by atoms with Crippen molar-refractivity contribution in [2.24, 2.45) is 0 Å². The van der Waals surface area contributed by atoms with Gasteiger partial charge in [0.1, 0.15) is 0 Å². The van der Waals surface area contributed by atoms with Crippen LogP contribution < -0.4 is 20.1 Å². The Kier molecular flexibility index (Phi) is 8.83. The van der Waals surface area contributed by atoms with Gasteiger partial charge in [-0.1, -0.05) is 27.6 Å². The number of rotatable bonds is 9. The molecule has 0 saturated carbocycles. The Balaban J connectivity index is 1.89. The molecular formula is C22H33BrN2O3. The summed E-state index contributed by atoms with van der Waals surface area (Å²) in [6.45, 7) is 7.48. The molecule has 1 aliphatic carbocycles. The molecule has 28 heavy (non-hydrogen) atoms. The lowest BCUT2D eigenvalue weighted by Gasteiger charge is -2.21. The minimum absolute atomic E-state index is 0.0488. The highest BCUT2D eigenvalue weighted by Crippen LogP contribution is 2.33. The number of nitrogens with one attached hydrogen (secondary N) is 2. The van der Waals surface area contributed by atoms with Crippen molar-refractivity contribution < 1.29 is 14.3 Å². The van der Waals surface area contributed by atoms with Crippen LogP contribution in [0.5, 0.6) is 11.5 Å². The Hall–Kier alpha value is -1.53. The fourth-order valence-electron chi connectivity index (χ4n) is 3.19. The first kappa shape index (κ1) is 22.8. The maximum atomic E-state index is 12.0. The van der Waals surface area contributed by atoms with Crippen LogP contribution >= 0.6 is 15.9 Å². The predicted molar refractivity (Wildman–Crippen MR) is 117 cm³/mol. The topological polar surface area (TPSA) is 59.6 Å². The van der Waals surface area contributed by atoms with Gasteiger partial charge in [-0.05, 0) is 77.1 Å². The van der Waals surface area contributed by atoms with E-state index >= 15 is 0 Å². The summed E-state index contributed by atoms with van der Waals surface area (Å²) < 4.78 is 12.1. The Morgan fingerprint density at radius 1 is 1.21 bits per heavy atom. The van der Waals surface area contributed by atoms with Crippen LogP contribution in [0.1, 0.15) is 58.4 Å². The number of hydrogen-bond acceptors (Lipinski definition) is 4. The van der Waals surface area contributed by atoms with E-state index in [1.54, 1.807) is 12.7 Å². The first-order chi connectivity index (χ1) is 13.3. The third kappa shape index (κ3) is 7.84. The quantitative estimate of drug-likeness (QED) is 0.419. The van der Waals surface area contributed by atoms with Gasteiger partial charge in [0.05, 0.1) is 7.11 Å². The molecule has 1 aromatic rings. The van der Waals surface area contributed by atoms with Crippen molar-refractivity contribution in [1.29, 1.82) is 0 Å². The SMILES string of the molecule is COc1cc(CNCCC2=CCCCC2)c(Br)cc1OCC(=O)NC(C)(C)C. The second-order valence-electron chi connectivity index (χ2n) is 8.22. The Morgan fingerprint density at radius 3 is 2.64 bits per heavy atom. The number of carbonyl (C=O) groups is 1. The molecule has 0 saturated heterocycles. The van der Waals surface area contributed by atoms with E-state index in [1.807, 2.05) is 32.9 Å². The van der Waals surface area contributed by atoms with Crippen LogP contribution in [0.3, 0.4) is 0 Å². The monoisotopic (exact) mass is 452 g/mol. The van der Waals surface area contributed by atoms with Gasteiger partial charge < -0.3 is 20.1 Å². The second kappa shape index (κ2) is 10.9. The van der Waals surface area contributed by atoms with Crippen molar-refractivity contribution in [3.63, 3.8) is 0 Å². The third-order valence-electron chi connectivity index (χ3n) is 4.53. The molecular weight excluding hydrogens is 420 g/mol. The van der Waals surface area contributed by atoms with E-state index in [0.717, 1.165) is 29.5 Å². The molecule has 0 fully saturated rings. The standard InChI is InChI=1S/C22H33BrN2O3/c1-22(2,3)25-21(26)15-28-20-13-18(23)17(12-19(20)27-4)14-24-11-10-16-8-6-5-7-9-16/h8,12-13,24H,5-7,9-11,14-15H2,1-4H3,(H,25,26). The normalized spacial score (nSPS) is 14.4. The molecule has 0 unspecified atom stereocenters. The molecule has 0 aliphatic heterocycles. The summed E-state index contributed by atoms with van der Waals surface area (Å²) in [5, 5.41) is 6.39. The highest BCUT2D eigenvalue weighted by atomic mass is 79.9. The van der Waals surface area contributed by atoms with Gasteiger partial charge in [-0.2, -0.15) is 0 Å². The summed E-state index contributed by atoms with van der Waals surface area (Å²) in [4.78, 5) is 12.0. The zero-order valence-corrected chi connectivity index (χ0v) is 19.1. The van der Waals surface area contributed by atoms with Crippen LogP contribution in [0.25, 0.3) is 0 Å². The molecule has 1 aromatic carbocycles. The van der Waals surface area contributed by atoms with Crippen LogP contribution in [0.4, 0.5) is 0 Å². The number of allylic oxidation sites excluding steroid dienone is 1. The molecule has 1 amide bonds. The van der Waals surface area contributed by atoms with Gasteiger partial charge in [0.2, 0.25) is 0 Å². The Labute approximate surface area is 177 Å². The van der Waals surface area contributed by atoms with Crippen molar-refractivity contribution in [3.05, 3.63) is 33.8 Å². The van der Waals surface area contributed by atoms with Crippen molar-refractivity contribution in [1.82, 2.24) is 10.6 Å². The molecule has 156 valence electrons. The number of hydrogen-bond donors (Lipinski definition) is 2. The summed E-state index contributed by atoms with van der Waals surface area (Å²) in [6.07, 6.45) is 8.63. The number of methoxy groups -OCH3 is 1. The van der Waals surface area contributed by atoms with Crippen LogP contribution in [0, 0.1) is 0 Å². The number of halogens is 1. The van der Waals surface area contributed by atoms with Crippen molar-refractivity contribution in [3.8, 4) is 11.5 Å². The summed E-state index contributed by atoms with van der Waals surface area (Å²) >= 11 is 3.61. The number of carbonyl (C=O) groups excluding carboxylic acids is 1. The van der Waals surface area contributed by atoms with Gasteiger partial charge in [0, 0.05) is 16.6 Å². The second-order valence-corrected chi connectivity index (χ2v) is 9.07. The van der Waals surface area contributed by atoms with E-state index in [4.69, 9.17) is 9.47 Å². The van der Waals surface area contributed by atoms with Gasteiger partial charge >= 0.3 is 0 Å². The predicted octanol–water partition coefficient (Wildman–Crippen LogP) is 4.73. The summed E-state index contributed by atoms with van der Waals surface area (Å²) in [5.74, 6) is 1.02. The van der Waals surface area contributed by atoms with E-state index in [-0.39, 0.29) is 18.1 Å². The maximum Gasteiger partial charge on any atom is 0.258 e. The largest absolute Gasteiger partial charge is 0.493 e. The first-order valence-electron chi connectivity index (χ1n) is 9.97. The number of amides is 1. The lowest BCUT2D eigenvalue weighted by Crippen LogP contribution is -2.43. The minimum atomic E-state index is -0.283. The molecule has 0 atom stereocenters. The summed E-state index contributed by atoms with van der Waals surface area (Å²) in [5.41, 5.74) is 2.39. The van der Waals surface area contributed by atoms with Gasteiger partial charge in [0.15, 0.2) is 18.1 Å². The van der Waals surface area contributed by atoms with Gasteiger partial charge in [-0.3, -0.25) is 4.79 Å². The summed E-state index contributed by atoms with van der Waals surface area (Å²) in [6, 6.07) is 3.82. The Bertz CT molecular complexity index is 696. The zero-order chi connectivity index (χ0) is 20.6. The average molecular weight is 453 g/mol. The van der Waals surface area contributed by atoms with Gasteiger partial charge in [-0.15, -0.1) is 0 Å². The zero-order valence-electron chi connectivity index (χ0n) is 17.5. The molecule has 0 radical (unpaired) electrons. The smallest absolute Gasteiger partial charge is 0.258 e. The molecule has 2 rings (SSSR count). The van der Waals surface area contributed by atoms with E-state index in [0.29, 0.717) is 11.5 Å². The molecule has 5 nitrogen and oxygen atoms in total. The highest BCUT2D eigenvalue weighted by Gasteiger charge is 2.16. The van der Waals surface area contributed by atoms with Crippen LogP contribution in [0.2, 0.25) is 0 Å².